The summed E-state index contributed by atoms with van der Waals surface area (Å²) in [5, 5.41) is 0.814. The Balaban J connectivity index is 0.00000126. The Labute approximate surface area is 157 Å². The van der Waals surface area contributed by atoms with Gasteiger partial charge in [-0.15, -0.1) is 0 Å². The lowest BCUT2D eigenvalue weighted by Gasteiger charge is -2.23. The van der Waals surface area contributed by atoms with Crippen LogP contribution in [0.3, 0.4) is 0 Å². The predicted octanol–water partition coefficient (Wildman–Crippen LogP) is 3.08. The summed E-state index contributed by atoms with van der Waals surface area (Å²) in [5.41, 5.74) is 2.12. The zero-order chi connectivity index (χ0) is 19.8. The Morgan fingerprint density at radius 2 is 1.70 bits per heavy atom. The van der Waals surface area contributed by atoms with E-state index in [9.17, 15) is 9.59 Å². The maximum Gasteiger partial charge on any atom is 0.321 e. The number of esters is 2. The minimum absolute atomic E-state index is 0.619. The standard InChI is InChI=1S/C18H17N3O4.C2H6/c1-24-17(22)15(18(23)25-2)14(11-5-3-7-19-9-11)13-10-21-16-12(13)6-4-8-20-16;1-2/h3-10,14-15H,1-2H3,(H,20,21);1-2H3. The van der Waals surface area contributed by atoms with Gasteiger partial charge in [-0.1, -0.05) is 19.9 Å². The second-order valence-corrected chi connectivity index (χ2v) is 5.43. The van der Waals surface area contributed by atoms with E-state index in [1.54, 1.807) is 36.9 Å². The highest BCUT2D eigenvalue weighted by Crippen LogP contribution is 2.37. The average Bonchev–Trinajstić information content (AvgIpc) is 3.16. The number of pyridine rings is 2. The van der Waals surface area contributed by atoms with E-state index < -0.39 is 23.8 Å². The maximum absolute atomic E-state index is 12.4. The van der Waals surface area contributed by atoms with Crippen LogP contribution < -0.4 is 0 Å². The summed E-state index contributed by atoms with van der Waals surface area (Å²) in [4.78, 5) is 36.2. The minimum atomic E-state index is -1.15. The van der Waals surface area contributed by atoms with Crippen molar-refractivity contribution in [3.05, 3.63) is 60.2 Å². The van der Waals surface area contributed by atoms with Crippen LogP contribution in [0.15, 0.2) is 49.1 Å². The van der Waals surface area contributed by atoms with Crippen LogP contribution in [-0.2, 0) is 19.1 Å². The number of nitrogens with zero attached hydrogens (tertiary/aromatic N) is 2. The molecule has 0 aromatic carbocycles. The quantitative estimate of drug-likeness (QED) is 0.549. The highest BCUT2D eigenvalue weighted by atomic mass is 16.5. The number of aromatic nitrogens is 3. The second kappa shape index (κ2) is 9.47. The van der Waals surface area contributed by atoms with Crippen molar-refractivity contribution < 1.29 is 19.1 Å². The lowest BCUT2D eigenvalue weighted by Crippen LogP contribution is -2.33. The number of hydrogen-bond acceptors (Lipinski definition) is 6. The molecule has 0 fully saturated rings. The molecule has 7 nitrogen and oxygen atoms in total. The molecule has 3 aromatic heterocycles. The number of fused-ring (bicyclic) bond motifs is 1. The molecule has 142 valence electrons. The largest absolute Gasteiger partial charge is 0.468 e. The van der Waals surface area contributed by atoms with Crippen molar-refractivity contribution in [2.45, 2.75) is 19.8 Å². The van der Waals surface area contributed by atoms with Gasteiger partial charge in [0.15, 0.2) is 5.92 Å². The molecule has 0 saturated heterocycles. The Morgan fingerprint density at radius 1 is 1.04 bits per heavy atom. The number of aromatic amines is 1. The van der Waals surface area contributed by atoms with Crippen molar-refractivity contribution in [3.63, 3.8) is 0 Å². The highest BCUT2D eigenvalue weighted by Gasteiger charge is 2.40. The van der Waals surface area contributed by atoms with E-state index in [2.05, 4.69) is 15.0 Å². The van der Waals surface area contributed by atoms with Crippen molar-refractivity contribution in [2.24, 2.45) is 5.92 Å². The van der Waals surface area contributed by atoms with Gasteiger partial charge in [-0.3, -0.25) is 14.6 Å². The first-order valence-electron chi connectivity index (χ1n) is 8.65. The second-order valence-electron chi connectivity index (χ2n) is 5.43. The van der Waals surface area contributed by atoms with Crippen LogP contribution in [0.1, 0.15) is 30.9 Å². The number of nitrogens with one attached hydrogen (secondary N) is 1. The number of carbonyl (C=O) groups is 2. The number of carbonyl (C=O) groups excluding carboxylic acids is 2. The fraction of sp³-hybridized carbons (Fsp3) is 0.300. The highest BCUT2D eigenvalue weighted by molar-refractivity contribution is 5.97. The third-order valence-corrected chi connectivity index (χ3v) is 4.11. The van der Waals surface area contributed by atoms with Gasteiger partial charge in [0.1, 0.15) is 5.65 Å². The fourth-order valence-corrected chi connectivity index (χ4v) is 2.97. The van der Waals surface area contributed by atoms with Crippen LogP contribution in [0.2, 0.25) is 0 Å². The van der Waals surface area contributed by atoms with E-state index in [1.807, 2.05) is 26.0 Å². The zero-order valence-electron chi connectivity index (χ0n) is 15.8. The van der Waals surface area contributed by atoms with Gasteiger partial charge in [-0.2, -0.15) is 0 Å². The molecular formula is C20H23N3O4. The Morgan fingerprint density at radius 3 is 2.30 bits per heavy atom. The third-order valence-electron chi connectivity index (χ3n) is 4.11. The van der Waals surface area contributed by atoms with Gasteiger partial charge in [-0.25, -0.2) is 4.98 Å². The van der Waals surface area contributed by atoms with Crippen LogP contribution in [0.5, 0.6) is 0 Å². The zero-order valence-corrected chi connectivity index (χ0v) is 15.8. The molecular weight excluding hydrogens is 346 g/mol. The number of ether oxygens (including phenoxy) is 2. The Bertz CT molecular complexity index is 876. The van der Waals surface area contributed by atoms with Crippen molar-refractivity contribution in [1.29, 1.82) is 0 Å². The summed E-state index contributed by atoms with van der Waals surface area (Å²) >= 11 is 0. The summed E-state index contributed by atoms with van der Waals surface area (Å²) in [6.07, 6.45) is 6.66. The van der Waals surface area contributed by atoms with Crippen molar-refractivity contribution >= 4 is 23.0 Å². The molecule has 1 atom stereocenters. The summed E-state index contributed by atoms with van der Waals surface area (Å²) in [6, 6.07) is 7.24. The molecule has 3 rings (SSSR count). The maximum atomic E-state index is 12.4. The Hall–Kier alpha value is -3.22. The van der Waals surface area contributed by atoms with Gasteiger partial charge in [0.05, 0.1) is 14.2 Å². The summed E-state index contributed by atoms with van der Waals surface area (Å²) in [7, 11) is 2.49. The smallest absolute Gasteiger partial charge is 0.321 e. The molecule has 0 bridgehead atoms. The van der Waals surface area contributed by atoms with E-state index in [0.717, 1.165) is 10.9 Å². The van der Waals surface area contributed by atoms with Crippen LogP contribution in [0, 0.1) is 5.92 Å². The Kier molecular flexibility index (Phi) is 7.05. The number of hydrogen-bond donors (Lipinski definition) is 1. The fourth-order valence-electron chi connectivity index (χ4n) is 2.97. The van der Waals surface area contributed by atoms with E-state index in [-0.39, 0.29) is 0 Å². The third kappa shape index (κ3) is 4.13. The molecule has 1 N–H and O–H groups in total. The summed E-state index contributed by atoms with van der Waals surface area (Å²) in [6.45, 7) is 4.00. The molecule has 3 aromatic rings. The lowest BCUT2D eigenvalue weighted by atomic mass is 9.81. The van der Waals surface area contributed by atoms with Crippen molar-refractivity contribution in [2.75, 3.05) is 14.2 Å². The van der Waals surface area contributed by atoms with E-state index >= 15 is 0 Å². The van der Waals surface area contributed by atoms with Crippen LogP contribution >= 0.6 is 0 Å². The molecule has 1 unspecified atom stereocenters. The summed E-state index contributed by atoms with van der Waals surface area (Å²) < 4.78 is 9.72. The van der Waals surface area contributed by atoms with Gasteiger partial charge in [0, 0.05) is 36.1 Å². The number of rotatable bonds is 5. The van der Waals surface area contributed by atoms with Gasteiger partial charge in [0.25, 0.3) is 0 Å². The van der Waals surface area contributed by atoms with Crippen LogP contribution in [0.4, 0.5) is 0 Å². The topological polar surface area (TPSA) is 94.2 Å². The first-order chi connectivity index (χ1) is 13.2. The average molecular weight is 369 g/mol. The molecule has 0 radical (unpaired) electrons. The van der Waals surface area contributed by atoms with Gasteiger partial charge in [-0.05, 0) is 29.3 Å². The van der Waals surface area contributed by atoms with Gasteiger partial charge in [0.2, 0.25) is 0 Å². The van der Waals surface area contributed by atoms with Crippen LogP contribution in [-0.4, -0.2) is 41.1 Å². The van der Waals surface area contributed by atoms with Gasteiger partial charge < -0.3 is 14.5 Å². The van der Waals surface area contributed by atoms with E-state index in [4.69, 9.17) is 9.47 Å². The first-order valence-corrected chi connectivity index (χ1v) is 8.65. The normalized spacial score (nSPS) is 11.4. The number of methoxy groups -OCH3 is 2. The minimum Gasteiger partial charge on any atom is -0.468 e. The van der Waals surface area contributed by atoms with Crippen molar-refractivity contribution in [3.8, 4) is 0 Å². The summed E-state index contributed by atoms with van der Waals surface area (Å²) in [5.74, 6) is -3.11. The van der Waals surface area contributed by atoms with E-state index in [1.165, 1.54) is 14.2 Å². The monoisotopic (exact) mass is 369 g/mol. The van der Waals surface area contributed by atoms with Crippen LogP contribution in [0.25, 0.3) is 11.0 Å². The van der Waals surface area contributed by atoms with E-state index in [0.29, 0.717) is 11.2 Å². The molecule has 0 saturated carbocycles. The van der Waals surface area contributed by atoms with Gasteiger partial charge >= 0.3 is 11.9 Å². The molecule has 0 aliphatic carbocycles. The lowest BCUT2D eigenvalue weighted by molar-refractivity contribution is -0.159. The van der Waals surface area contributed by atoms with Crippen molar-refractivity contribution in [1.82, 2.24) is 15.0 Å². The molecule has 3 heterocycles. The molecule has 0 aliphatic rings. The molecule has 27 heavy (non-hydrogen) atoms. The molecule has 0 spiro atoms. The SMILES string of the molecule is CC.COC(=O)C(C(=O)OC)C(c1cccnc1)c1c[nH]c2ncccc12. The molecule has 0 aliphatic heterocycles. The molecule has 0 amide bonds. The predicted molar refractivity (Wildman–Crippen MR) is 101 cm³/mol. The number of H-pyrrole nitrogens is 1. The molecule has 7 heteroatoms. The first kappa shape index (κ1) is 20.1.